The van der Waals surface area contributed by atoms with Crippen LogP contribution in [0.15, 0.2) is 11.2 Å². The average molecular weight is 245 g/mol. The van der Waals surface area contributed by atoms with Gasteiger partial charge in [0.2, 0.25) is 0 Å². The highest BCUT2D eigenvalue weighted by Crippen LogP contribution is 2.10. The summed E-state index contributed by atoms with van der Waals surface area (Å²) in [5.74, 6) is 0.778. The molecule has 0 radical (unpaired) electrons. The molecule has 0 amide bonds. The van der Waals surface area contributed by atoms with Crippen LogP contribution in [0.2, 0.25) is 0 Å². The summed E-state index contributed by atoms with van der Waals surface area (Å²) in [6.45, 7) is 4.88. The van der Waals surface area contributed by atoms with E-state index in [9.17, 15) is 8.42 Å². The van der Waals surface area contributed by atoms with Gasteiger partial charge in [-0.1, -0.05) is 26.7 Å². The van der Waals surface area contributed by atoms with E-state index in [1.807, 2.05) is 11.5 Å². The van der Waals surface area contributed by atoms with E-state index >= 15 is 0 Å². The van der Waals surface area contributed by atoms with Crippen LogP contribution in [0.4, 0.5) is 0 Å². The predicted molar refractivity (Wildman–Crippen MR) is 62.5 cm³/mol. The Kier molecular flexibility index (Phi) is 4.49. The number of rotatable bonds is 6. The lowest BCUT2D eigenvalue weighted by Crippen LogP contribution is -2.12. The minimum atomic E-state index is -3.68. The molecule has 6 heteroatoms. The molecule has 0 aliphatic heterocycles. The van der Waals surface area contributed by atoms with Gasteiger partial charge >= 0.3 is 0 Å². The minimum Gasteiger partial charge on any atom is -0.333 e. The van der Waals surface area contributed by atoms with Gasteiger partial charge in [0.15, 0.2) is 5.03 Å². The Morgan fingerprint density at radius 1 is 1.38 bits per heavy atom. The molecule has 0 aliphatic carbocycles. The molecular weight excluding hydrogens is 226 g/mol. The summed E-state index contributed by atoms with van der Waals surface area (Å²) < 4.78 is 24.2. The number of nitrogens with two attached hydrogens (primary N) is 1. The van der Waals surface area contributed by atoms with Crippen molar-refractivity contribution < 1.29 is 8.42 Å². The number of nitrogens with zero attached hydrogens (tertiary/aromatic N) is 2. The molecule has 0 spiro atoms. The van der Waals surface area contributed by atoms with Crippen LogP contribution in [-0.4, -0.2) is 18.0 Å². The molecule has 1 rings (SSSR count). The van der Waals surface area contributed by atoms with E-state index in [4.69, 9.17) is 5.14 Å². The maximum absolute atomic E-state index is 11.1. The van der Waals surface area contributed by atoms with Gasteiger partial charge in [-0.25, -0.2) is 18.5 Å². The second-order valence-electron chi connectivity index (χ2n) is 3.79. The summed E-state index contributed by atoms with van der Waals surface area (Å²) in [6, 6.07) is 0. The van der Waals surface area contributed by atoms with E-state index in [1.54, 1.807) is 0 Å². The number of hydrogen-bond donors (Lipinski definition) is 1. The van der Waals surface area contributed by atoms with Crippen LogP contribution in [0.25, 0.3) is 0 Å². The molecule has 0 fully saturated rings. The van der Waals surface area contributed by atoms with E-state index in [1.165, 1.54) is 6.20 Å². The topological polar surface area (TPSA) is 78.0 Å². The summed E-state index contributed by atoms with van der Waals surface area (Å²) in [4.78, 5) is 4.03. The third kappa shape index (κ3) is 3.31. The number of aryl methyl sites for hydroxylation is 2. The maximum Gasteiger partial charge on any atom is 0.257 e. The lowest BCUT2D eigenvalue weighted by Gasteiger charge is -2.04. The van der Waals surface area contributed by atoms with Gasteiger partial charge in [0.25, 0.3) is 10.0 Å². The number of primary sulfonamides is 1. The molecule has 0 unspecified atom stereocenters. The van der Waals surface area contributed by atoms with Gasteiger partial charge < -0.3 is 4.57 Å². The predicted octanol–water partition coefficient (Wildman–Crippen LogP) is 1.28. The Morgan fingerprint density at radius 2 is 2.06 bits per heavy atom. The maximum atomic E-state index is 11.1. The van der Waals surface area contributed by atoms with Crippen molar-refractivity contribution >= 4 is 10.0 Å². The van der Waals surface area contributed by atoms with Crippen molar-refractivity contribution in [3.63, 3.8) is 0 Å². The Morgan fingerprint density at radius 3 is 2.56 bits per heavy atom. The van der Waals surface area contributed by atoms with E-state index in [0.717, 1.165) is 31.6 Å². The third-order valence-electron chi connectivity index (χ3n) is 2.45. The Hall–Kier alpha value is -0.880. The quantitative estimate of drug-likeness (QED) is 0.767. The summed E-state index contributed by atoms with van der Waals surface area (Å²) in [6.07, 6.45) is 5.54. The van der Waals surface area contributed by atoms with Crippen molar-refractivity contribution in [2.24, 2.45) is 5.14 Å². The van der Waals surface area contributed by atoms with Gasteiger partial charge in [-0.05, 0) is 6.42 Å². The minimum absolute atomic E-state index is 0.0270. The molecule has 0 saturated heterocycles. The van der Waals surface area contributed by atoms with Gasteiger partial charge in [-0.2, -0.15) is 0 Å². The first-order valence-corrected chi connectivity index (χ1v) is 7.12. The molecular formula is C10H19N3O2S. The Labute approximate surface area is 96.7 Å². The van der Waals surface area contributed by atoms with Crippen LogP contribution in [0.1, 0.15) is 38.9 Å². The highest BCUT2D eigenvalue weighted by atomic mass is 32.2. The van der Waals surface area contributed by atoms with E-state index in [-0.39, 0.29) is 5.03 Å². The zero-order valence-corrected chi connectivity index (χ0v) is 10.6. The molecule has 1 aromatic heterocycles. The van der Waals surface area contributed by atoms with Gasteiger partial charge in [-0.3, -0.25) is 0 Å². The highest BCUT2D eigenvalue weighted by molar-refractivity contribution is 7.89. The summed E-state index contributed by atoms with van der Waals surface area (Å²) in [7, 11) is -3.68. The largest absolute Gasteiger partial charge is 0.333 e. The second-order valence-corrected chi connectivity index (χ2v) is 5.30. The van der Waals surface area contributed by atoms with E-state index in [0.29, 0.717) is 6.42 Å². The number of hydrogen-bond acceptors (Lipinski definition) is 3. The fourth-order valence-corrected chi connectivity index (χ4v) is 2.08. The lowest BCUT2D eigenvalue weighted by atomic mass is 10.2. The summed E-state index contributed by atoms with van der Waals surface area (Å²) in [5, 5.41) is 5.02. The van der Waals surface area contributed by atoms with Crippen LogP contribution >= 0.6 is 0 Å². The van der Waals surface area contributed by atoms with Crippen molar-refractivity contribution in [2.45, 2.75) is 51.1 Å². The normalized spacial score (nSPS) is 11.9. The van der Waals surface area contributed by atoms with Crippen molar-refractivity contribution in [3.05, 3.63) is 12.0 Å². The van der Waals surface area contributed by atoms with Crippen LogP contribution in [0.5, 0.6) is 0 Å². The van der Waals surface area contributed by atoms with Gasteiger partial charge in [0.05, 0.1) is 0 Å². The first-order chi connectivity index (χ1) is 7.49. The number of imidazole rings is 1. The van der Waals surface area contributed by atoms with Gasteiger partial charge in [-0.15, -0.1) is 0 Å². The van der Waals surface area contributed by atoms with E-state index < -0.39 is 10.0 Å². The standard InChI is InChI=1S/C10H19N3O2S/c1-3-5-6-7-13-8-10(16(11,14)15)12-9(13)4-2/h8H,3-7H2,1-2H3,(H2,11,14,15). The van der Waals surface area contributed by atoms with Crippen LogP contribution in [-0.2, 0) is 23.0 Å². The van der Waals surface area contributed by atoms with Crippen molar-refractivity contribution in [3.8, 4) is 0 Å². The molecule has 2 N–H and O–H groups in total. The number of unbranched alkanes of at least 4 members (excludes halogenated alkanes) is 2. The molecule has 0 bridgehead atoms. The number of aromatic nitrogens is 2. The SMILES string of the molecule is CCCCCn1cc(S(N)(=O)=O)nc1CC. The number of sulfonamides is 1. The molecule has 0 atom stereocenters. The average Bonchev–Trinajstić information content (AvgIpc) is 2.61. The molecule has 5 nitrogen and oxygen atoms in total. The van der Waals surface area contributed by atoms with Crippen molar-refractivity contribution in [1.82, 2.24) is 9.55 Å². The lowest BCUT2D eigenvalue weighted by molar-refractivity contribution is 0.581. The smallest absolute Gasteiger partial charge is 0.257 e. The molecule has 1 aromatic rings. The van der Waals surface area contributed by atoms with Crippen LogP contribution < -0.4 is 5.14 Å². The molecule has 0 aromatic carbocycles. The van der Waals surface area contributed by atoms with Crippen LogP contribution in [0, 0.1) is 0 Å². The monoisotopic (exact) mass is 245 g/mol. The zero-order chi connectivity index (χ0) is 12.2. The van der Waals surface area contributed by atoms with Gasteiger partial charge in [0.1, 0.15) is 5.82 Å². The highest BCUT2D eigenvalue weighted by Gasteiger charge is 2.14. The summed E-state index contributed by atoms with van der Waals surface area (Å²) >= 11 is 0. The Bertz CT molecular complexity index is 437. The zero-order valence-electron chi connectivity index (χ0n) is 9.81. The van der Waals surface area contributed by atoms with E-state index in [2.05, 4.69) is 11.9 Å². The van der Waals surface area contributed by atoms with Crippen molar-refractivity contribution in [2.75, 3.05) is 0 Å². The Balaban J connectivity index is 2.87. The molecule has 1 heterocycles. The first-order valence-electron chi connectivity index (χ1n) is 5.57. The van der Waals surface area contributed by atoms with Gasteiger partial charge in [0, 0.05) is 19.2 Å². The molecule has 0 aliphatic rings. The van der Waals surface area contributed by atoms with Crippen molar-refractivity contribution in [1.29, 1.82) is 0 Å². The second kappa shape index (κ2) is 5.45. The first kappa shape index (κ1) is 13.2. The molecule has 92 valence electrons. The third-order valence-corrected chi connectivity index (χ3v) is 3.23. The molecule has 16 heavy (non-hydrogen) atoms. The fourth-order valence-electron chi connectivity index (χ4n) is 1.57. The fraction of sp³-hybridized carbons (Fsp3) is 0.700. The summed E-state index contributed by atoms with van der Waals surface area (Å²) in [5.41, 5.74) is 0. The molecule has 0 saturated carbocycles. The van der Waals surface area contributed by atoms with Crippen LogP contribution in [0.3, 0.4) is 0 Å².